The zero-order chi connectivity index (χ0) is 28.6. The van der Waals surface area contributed by atoms with Crippen molar-refractivity contribution in [3.63, 3.8) is 0 Å². The molecule has 0 bridgehead atoms. The molecule has 5 aromatic rings. The zero-order valence-electron chi connectivity index (χ0n) is 23.8. The van der Waals surface area contributed by atoms with Gasteiger partial charge in [0.1, 0.15) is 11.6 Å². The van der Waals surface area contributed by atoms with Crippen LogP contribution in [0.15, 0.2) is 91.0 Å². The number of phenols is 1. The Morgan fingerprint density at radius 2 is 1.20 bits per heavy atom. The highest BCUT2D eigenvalue weighted by Gasteiger charge is 2.26. The van der Waals surface area contributed by atoms with Crippen LogP contribution in [0.1, 0.15) is 21.5 Å². The Bertz CT molecular complexity index is 1640. The number of nitrogens with zero attached hydrogens (tertiary/aromatic N) is 4. The van der Waals surface area contributed by atoms with Gasteiger partial charge in [-0.05, 0) is 73.5 Å². The minimum Gasteiger partial charge on any atom is -0.507 e. The summed E-state index contributed by atoms with van der Waals surface area (Å²) >= 11 is 0. The number of phenolic OH excluding ortho intramolecular Hbond substituents is 1. The first-order chi connectivity index (χ1) is 19.2. The maximum atomic E-state index is 14.3. The Labute approximate surface area is 235 Å². The Morgan fingerprint density at radius 1 is 0.700 bits per heavy atom. The molecule has 0 amide bonds. The number of carbonyl (C=O) groups is 1. The van der Waals surface area contributed by atoms with Crippen molar-refractivity contribution >= 4 is 17.3 Å². The van der Waals surface area contributed by atoms with Crippen molar-refractivity contribution in [3.8, 4) is 39.7 Å². The number of imidazole rings is 1. The monoisotopic (exact) mass is 530 g/mol. The van der Waals surface area contributed by atoms with Crippen molar-refractivity contribution in [1.82, 2.24) is 9.55 Å². The van der Waals surface area contributed by atoms with Crippen LogP contribution in [0.3, 0.4) is 0 Å². The normalized spacial score (nSPS) is 10.9. The fourth-order valence-corrected chi connectivity index (χ4v) is 4.91. The molecule has 0 spiro atoms. The molecule has 0 aliphatic carbocycles. The number of carbonyl (C=O) groups excluding carboxylic acids is 1. The van der Waals surface area contributed by atoms with E-state index in [2.05, 4.69) is 17.0 Å². The third-order valence-electron chi connectivity index (χ3n) is 7.16. The van der Waals surface area contributed by atoms with Gasteiger partial charge >= 0.3 is 0 Å². The van der Waals surface area contributed by atoms with Gasteiger partial charge in [-0.2, -0.15) is 0 Å². The summed E-state index contributed by atoms with van der Waals surface area (Å²) in [4.78, 5) is 23.5. The summed E-state index contributed by atoms with van der Waals surface area (Å²) in [5.74, 6) is 0.600. The molecule has 4 aromatic carbocycles. The third kappa shape index (κ3) is 4.96. The average Bonchev–Trinajstić information content (AvgIpc) is 3.36. The molecule has 0 radical (unpaired) electrons. The summed E-state index contributed by atoms with van der Waals surface area (Å²) in [6.45, 7) is 3.72. The van der Waals surface area contributed by atoms with Gasteiger partial charge in [0.15, 0.2) is 0 Å². The maximum absolute atomic E-state index is 14.3. The van der Waals surface area contributed by atoms with Gasteiger partial charge < -0.3 is 14.9 Å². The van der Waals surface area contributed by atoms with Crippen molar-refractivity contribution in [2.24, 2.45) is 0 Å². The Kier molecular flexibility index (Phi) is 7.18. The molecule has 0 unspecified atom stereocenters. The van der Waals surface area contributed by atoms with Crippen LogP contribution in [0.4, 0.5) is 11.4 Å². The Balaban J connectivity index is 1.85. The van der Waals surface area contributed by atoms with E-state index in [0.717, 1.165) is 44.9 Å². The molecule has 0 fully saturated rings. The molecule has 0 atom stereocenters. The van der Waals surface area contributed by atoms with Crippen LogP contribution < -0.4 is 9.80 Å². The Hall–Kier alpha value is -4.84. The number of aromatic nitrogens is 2. The molecule has 1 aromatic heterocycles. The van der Waals surface area contributed by atoms with Gasteiger partial charge in [-0.3, -0.25) is 9.36 Å². The second-order valence-electron chi connectivity index (χ2n) is 10.5. The quantitative estimate of drug-likeness (QED) is 0.255. The van der Waals surface area contributed by atoms with E-state index in [1.165, 1.54) is 0 Å². The lowest BCUT2D eigenvalue weighted by Gasteiger charge is -2.16. The number of aryl methyl sites for hydroxylation is 2. The van der Waals surface area contributed by atoms with Gasteiger partial charge in [-0.1, -0.05) is 42.5 Å². The van der Waals surface area contributed by atoms with Gasteiger partial charge in [0.25, 0.3) is 5.91 Å². The molecule has 0 saturated heterocycles. The molecular weight excluding hydrogens is 496 g/mol. The second kappa shape index (κ2) is 10.7. The highest BCUT2D eigenvalue weighted by Crippen LogP contribution is 2.39. The van der Waals surface area contributed by atoms with Crippen molar-refractivity contribution in [1.29, 1.82) is 0 Å². The fourth-order valence-electron chi connectivity index (χ4n) is 4.91. The van der Waals surface area contributed by atoms with E-state index in [1.54, 1.807) is 4.57 Å². The molecule has 0 saturated carbocycles. The average molecular weight is 531 g/mol. The van der Waals surface area contributed by atoms with Crippen LogP contribution >= 0.6 is 0 Å². The van der Waals surface area contributed by atoms with E-state index in [-0.39, 0.29) is 11.7 Å². The molecular formula is C34H34N4O2. The summed E-state index contributed by atoms with van der Waals surface area (Å²) < 4.78 is 1.72. The van der Waals surface area contributed by atoms with Gasteiger partial charge in [0.2, 0.25) is 0 Å². The molecule has 6 heteroatoms. The van der Waals surface area contributed by atoms with Crippen LogP contribution in [0.5, 0.6) is 5.75 Å². The lowest BCUT2D eigenvalue weighted by molar-refractivity contribution is 0.0963. The SMILES string of the molecule is Cc1cc(-c2nc(-c3ccc(N(C)C)cc3)c(-c3ccc(N(C)C)cc3)n2C(=O)c2ccccc2)cc(C)c1O. The summed E-state index contributed by atoms with van der Waals surface area (Å²) in [7, 11) is 8.02. The van der Waals surface area contributed by atoms with Crippen LogP contribution in [-0.2, 0) is 0 Å². The second-order valence-corrected chi connectivity index (χ2v) is 10.5. The summed E-state index contributed by atoms with van der Waals surface area (Å²) in [6, 6.07) is 29.4. The first kappa shape index (κ1) is 26.8. The number of anilines is 2. The minimum absolute atomic E-state index is 0.172. The number of hydrogen-bond acceptors (Lipinski definition) is 5. The van der Waals surface area contributed by atoms with Gasteiger partial charge in [0, 0.05) is 61.8 Å². The molecule has 1 heterocycles. The molecule has 1 N–H and O–H groups in total. The zero-order valence-corrected chi connectivity index (χ0v) is 23.8. The first-order valence-corrected chi connectivity index (χ1v) is 13.2. The number of benzene rings is 4. The lowest BCUT2D eigenvalue weighted by Crippen LogP contribution is -2.15. The van der Waals surface area contributed by atoms with Crippen molar-refractivity contribution in [3.05, 3.63) is 108 Å². The summed E-state index contributed by atoms with van der Waals surface area (Å²) in [5.41, 5.74) is 8.14. The summed E-state index contributed by atoms with van der Waals surface area (Å²) in [5, 5.41) is 10.5. The molecule has 202 valence electrons. The molecule has 5 rings (SSSR count). The fraction of sp³-hybridized carbons (Fsp3) is 0.176. The minimum atomic E-state index is -0.172. The number of hydrogen-bond donors (Lipinski definition) is 1. The summed E-state index contributed by atoms with van der Waals surface area (Å²) in [6.07, 6.45) is 0. The third-order valence-corrected chi connectivity index (χ3v) is 7.16. The highest BCUT2D eigenvalue weighted by molar-refractivity contribution is 6.03. The Morgan fingerprint density at radius 3 is 1.70 bits per heavy atom. The molecule has 0 aliphatic heterocycles. The van der Waals surface area contributed by atoms with Crippen LogP contribution in [0.25, 0.3) is 33.9 Å². The lowest BCUT2D eigenvalue weighted by atomic mass is 10.0. The predicted molar refractivity (Wildman–Crippen MR) is 164 cm³/mol. The van der Waals surface area contributed by atoms with Crippen LogP contribution in [0, 0.1) is 13.8 Å². The highest BCUT2D eigenvalue weighted by atomic mass is 16.3. The molecule has 6 nitrogen and oxygen atoms in total. The first-order valence-electron chi connectivity index (χ1n) is 13.2. The van der Waals surface area contributed by atoms with E-state index in [0.29, 0.717) is 17.1 Å². The van der Waals surface area contributed by atoms with E-state index >= 15 is 0 Å². The van der Waals surface area contributed by atoms with Crippen LogP contribution in [0.2, 0.25) is 0 Å². The largest absolute Gasteiger partial charge is 0.507 e. The smallest absolute Gasteiger partial charge is 0.264 e. The van der Waals surface area contributed by atoms with E-state index in [9.17, 15) is 9.90 Å². The van der Waals surface area contributed by atoms with Crippen molar-refractivity contribution in [2.75, 3.05) is 38.0 Å². The topological polar surface area (TPSA) is 61.6 Å². The van der Waals surface area contributed by atoms with E-state index in [4.69, 9.17) is 4.98 Å². The maximum Gasteiger partial charge on any atom is 0.264 e. The van der Waals surface area contributed by atoms with Crippen molar-refractivity contribution < 1.29 is 9.90 Å². The van der Waals surface area contributed by atoms with Crippen LogP contribution in [-0.4, -0.2) is 48.8 Å². The van der Waals surface area contributed by atoms with Gasteiger partial charge in [0.05, 0.1) is 11.4 Å². The molecule has 40 heavy (non-hydrogen) atoms. The van der Waals surface area contributed by atoms with Gasteiger partial charge in [-0.15, -0.1) is 0 Å². The van der Waals surface area contributed by atoms with Gasteiger partial charge in [-0.25, -0.2) is 4.98 Å². The molecule has 0 aliphatic rings. The van der Waals surface area contributed by atoms with E-state index < -0.39 is 0 Å². The standard InChI is InChI=1S/C34H34N4O2/c1-22-20-27(21-23(2)32(22)39)33-35-30(24-12-16-28(17-13-24)36(3)4)31(25-14-18-29(19-15-25)37(5)6)38(33)34(40)26-10-8-7-9-11-26/h7-21,39H,1-6H3. The van der Waals surface area contributed by atoms with Crippen molar-refractivity contribution in [2.45, 2.75) is 13.8 Å². The van der Waals surface area contributed by atoms with E-state index in [1.807, 2.05) is 126 Å². The predicted octanol–water partition coefficient (Wildman–Crippen LogP) is 7.03. The number of aromatic hydroxyl groups is 1. The number of rotatable bonds is 6.